The predicted octanol–water partition coefficient (Wildman–Crippen LogP) is 4.24. The first kappa shape index (κ1) is 35.0. The molecule has 0 spiro atoms. The van der Waals surface area contributed by atoms with Gasteiger partial charge in [0.25, 0.3) is 0 Å². The van der Waals surface area contributed by atoms with E-state index in [0.717, 1.165) is 84.7 Å². The van der Waals surface area contributed by atoms with E-state index >= 15 is 0 Å². The van der Waals surface area contributed by atoms with E-state index in [-0.39, 0.29) is 30.5 Å². The van der Waals surface area contributed by atoms with Crippen LogP contribution in [0.15, 0.2) is 24.8 Å². The standard InChI is InChI=1S/C39H45N5O7/c1-7-20-16(3)24-12-26-18(5)22(9-10-32(47)44-36-38(49)37(48)31(15-45)51-39(36)50)34(42-26)23-11-30(46)33-19(6)27(43-35(23)33)14-29-21(8-2)17(4)25(41-29)13-28(20)40-24/h7,12-14,18,22,31,36-40,43,45,48-50H,1,8-11,15H2,2-6H3,(H,44,47)/t18-,22-,31?,36?,37?,38?,39?/m0/s1. The number of fused-ring (bicyclic) bond motifs is 8. The van der Waals surface area contributed by atoms with Crippen molar-refractivity contribution in [1.29, 1.82) is 0 Å². The van der Waals surface area contributed by atoms with Crippen LogP contribution in [0.5, 0.6) is 0 Å². The monoisotopic (exact) mass is 695 g/mol. The molecule has 268 valence electrons. The first-order valence-electron chi connectivity index (χ1n) is 17.6. The highest BCUT2D eigenvalue weighted by Gasteiger charge is 2.44. The first-order chi connectivity index (χ1) is 24.4. The quantitative estimate of drug-likeness (QED) is 0.189. The molecule has 1 fully saturated rings. The molecule has 12 nitrogen and oxygen atoms in total. The first-order valence-corrected chi connectivity index (χ1v) is 17.6. The molecule has 6 heterocycles. The number of nitrogens with one attached hydrogen (secondary N) is 3. The van der Waals surface area contributed by atoms with Crippen molar-refractivity contribution in [3.8, 4) is 0 Å². The Morgan fingerprint density at radius 1 is 1.04 bits per heavy atom. The number of H-pyrrole nitrogens is 2. The maximum absolute atomic E-state index is 13.7. The summed E-state index contributed by atoms with van der Waals surface area (Å²) in [6.45, 7) is 13.7. The summed E-state index contributed by atoms with van der Waals surface area (Å²) >= 11 is 0. The zero-order valence-corrected chi connectivity index (χ0v) is 29.5. The molecule has 8 bridgehead atoms. The molecule has 12 heteroatoms. The van der Waals surface area contributed by atoms with Gasteiger partial charge >= 0.3 is 0 Å². The Hall–Kier alpha value is -4.46. The van der Waals surface area contributed by atoms with Crippen LogP contribution in [0.2, 0.25) is 0 Å². The molecule has 3 aliphatic heterocycles. The van der Waals surface area contributed by atoms with Gasteiger partial charge in [-0.15, -0.1) is 0 Å². The Morgan fingerprint density at radius 2 is 1.76 bits per heavy atom. The number of aryl methyl sites for hydroxylation is 2. The van der Waals surface area contributed by atoms with Crippen LogP contribution in [0.25, 0.3) is 39.3 Å². The minimum atomic E-state index is -1.61. The second-order valence-corrected chi connectivity index (χ2v) is 14.1. The molecule has 51 heavy (non-hydrogen) atoms. The van der Waals surface area contributed by atoms with Gasteiger partial charge in [-0.05, 0) is 74.1 Å². The summed E-state index contributed by atoms with van der Waals surface area (Å²) in [6, 6.07) is 4.84. The zero-order chi connectivity index (χ0) is 36.5. The normalized spacial score (nSPS) is 25.8. The maximum Gasteiger partial charge on any atom is 0.220 e. The number of ketones is 1. The van der Waals surface area contributed by atoms with Gasteiger partial charge in [0.1, 0.15) is 24.4 Å². The fourth-order valence-corrected chi connectivity index (χ4v) is 8.22. The minimum absolute atomic E-state index is 0.00988. The summed E-state index contributed by atoms with van der Waals surface area (Å²) < 4.78 is 5.22. The summed E-state index contributed by atoms with van der Waals surface area (Å²) in [7, 11) is 0. The molecule has 7 rings (SSSR count). The van der Waals surface area contributed by atoms with E-state index in [9.17, 15) is 30.0 Å². The van der Waals surface area contributed by atoms with E-state index in [1.54, 1.807) is 0 Å². The number of nitrogens with zero attached hydrogens (tertiary/aromatic N) is 2. The van der Waals surface area contributed by atoms with Gasteiger partial charge in [-0.3, -0.25) is 14.6 Å². The highest BCUT2D eigenvalue weighted by molar-refractivity contribution is 6.13. The van der Waals surface area contributed by atoms with Crippen molar-refractivity contribution >= 4 is 51.0 Å². The van der Waals surface area contributed by atoms with Crippen LogP contribution in [0.3, 0.4) is 0 Å². The van der Waals surface area contributed by atoms with Crippen LogP contribution in [0, 0.1) is 13.8 Å². The summed E-state index contributed by atoms with van der Waals surface area (Å²) in [6.07, 6.45) is -2.63. The van der Waals surface area contributed by atoms with Crippen LogP contribution in [0.4, 0.5) is 0 Å². The van der Waals surface area contributed by atoms with Crippen molar-refractivity contribution in [2.45, 2.75) is 103 Å². The topological polar surface area (TPSA) is 194 Å². The van der Waals surface area contributed by atoms with E-state index < -0.39 is 43.2 Å². The highest BCUT2D eigenvalue weighted by Crippen LogP contribution is 2.44. The molecule has 5 unspecified atom stereocenters. The Balaban J connectivity index is 1.35. The van der Waals surface area contributed by atoms with Crippen LogP contribution in [-0.4, -0.2) is 89.3 Å². The molecule has 1 amide bonds. The molecule has 7 atom stereocenters. The summed E-state index contributed by atoms with van der Waals surface area (Å²) in [5, 5.41) is 43.3. The summed E-state index contributed by atoms with van der Waals surface area (Å²) in [5.41, 5.74) is 13.1. The summed E-state index contributed by atoms with van der Waals surface area (Å²) in [5.74, 6) is -0.818. The Labute approximate surface area is 295 Å². The van der Waals surface area contributed by atoms with Crippen LogP contribution in [0.1, 0.15) is 107 Å². The van der Waals surface area contributed by atoms with Crippen molar-refractivity contribution < 1.29 is 34.8 Å². The molecule has 7 N–H and O–H groups in total. The lowest BCUT2D eigenvalue weighted by Gasteiger charge is -2.40. The number of aromatic amines is 2. The Kier molecular flexibility index (Phi) is 9.09. The van der Waals surface area contributed by atoms with Crippen LogP contribution in [-0.2, 0) is 16.0 Å². The molecule has 1 aliphatic carbocycles. The summed E-state index contributed by atoms with van der Waals surface area (Å²) in [4.78, 5) is 44.4. The number of aromatic nitrogens is 4. The molecule has 4 aliphatic rings. The fraction of sp³-hybridized carbons (Fsp3) is 0.436. The van der Waals surface area contributed by atoms with E-state index in [1.165, 1.54) is 0 Å². The Morgan fingerprint density at radius 3 is 2.47 bits per heavy atom. The van der Waals surface area contributed by atoms with Gasteiger partial charge in [-0.1, -0.05) is 26.5 Å². The molecular weight excluding hydrogens is 650 g/mol. The second kappa shape index (κ2) is 13.3. The number of carbonyl (C=O) groups excluding carboxylic acids is 2. The third-order valence-electron chi connectivity index (χ3n) is 11.3. The van der Waals surface area contributed by atoms with Gasteiger partial charge < -0.3 is 40.4 Å². The lowest BCUT2D eigenvalue weighted by Crippen LogP contribution is -2.64. The fourth-order valence-electron chi connectivity index (χ4n) is 8.22. The molecular formula is C39H45N5O7. The molecule has 3 aromatic heterocycles. The number of allylic oxidation sites excluding steroid dienone is 2. The number of ether oxygens (including phenoxy) is 1. The second-order valence-electron chi connectivity index (χ2n) is 14.1. The van der Waals surface area contributed by atoms with Crippen molar-refractivity contribution in [2.24, 2.45) is 0 Å². The van der Waals surface area contributed by atoms with Gasteiger partial charge in [0.15, 0.2) is 12.1 Å². The average molecular weight is 696 g/mol. The van der Waals surface area contributed by atoms with Crippen molar-refractivity contribution in [3.63, 3.8) is 0 Å². The third-order valence-corrected chi connectivity index (χ3v) is 11.3. The van der Waals surface area contributed by atoms with Gasteiger partial charge in [0.2, 0.25) is 5.91 Å². The van der Waals surface area contributed by atoms with Crippen LogP contribution < -0.4 is 5.32 Å². The van der Waals surface area contributed by atoms with Gasteiger partial charge in [-0.25, -0.2) is 4.98 Å². The zero-order valence-electron chi connectivity index (χ0n) is 29.5. The van der Waals surface area contributed by atoms with Gasteiger partial charge in [0.05, 0.1) is 29.2 Å². The smallest absolute Gasteiger partial charge is 0.220 e. The molecule has 1 saturated heterocycles. The molecule has 0 radical (unpaired) electrons. The lowest BCUT2D eigenvalue weighted by atomic mass is 9.85. The van der Waals surface area contributed by atoms with E-state index in [1.807, 2.05) is 32.1 Å². The lowest BCUT2D eigenvalue weighted by molar-refractivity contribution is -0.253. The largest absolute Gasteiger partial charge is 0.394 e. The van der Waals surface area contributed by atoms with Crippen molar-refractivity contribution in [2.75, 3.05) is 6.61 Å². The third kappa shape index (κ3) is 5.75. The van der Waals surface area contributed by atoms with Gasteiger partial charge in [-0.2, -0.15) is 0 Å². The van der Waals surface area contributed by atoms with E-state index in [4.69, 9.17) is 14.7 Å². The number of hydrogen-bond donors (Lipinski definition) is 7. The number of rotatable bonds is 7. The number of amides is 1. The maximum atomic E-state index is 13.7. The van der Waals surface area contributed by atoms with Gasteiger partial charge in [0, 0.05) is 63.6 Å². The number of aliphatic hydroxyl groups is 4. The molecule has 0 saturated carbocycles. The van der Waals surface area contributed by atoms with E-state index in [2.05, 4.69) is 48.7 Å². The number of Topliss-reactive ketones (excluding diaryl/α,β-unsaturated/α-hetero) is 1. The number of hydrogen-bond acceptors (Lipinski definition) is 9. The van der Waals surface area contributed by atoms with Crippen molar-refractivity contribution in [3.05, 3.63) is 75.4 Å². The highest BCUT2D eigenvalue weighted by atomic mass is 16.6. The number of aliphatic hydroxyl groups excluding tert-OH is 4. The SMILES string of the molecule is C=Cc1c(C)c2cc3nc(c4c5[nH]c(cc6nc(cc1[nH]2)C(C)=C6CC)c(C)c5C(=O)C4)[C@@H](CCC(=O)NC1C(O)OC(CO)C(O)C1O)[C@@H]3C. The molecule has 3 aromatic rings. The van der Waals surface area contributed by atoms with E-state index in [0.29, 0.717) is 12.0 Å². The predicted molar refractivity (Wildman–Crippen MR) is 194 cm³/mol. The Bertz CT molecular complexity index is 2160. The van der Waals surface area contributed by atoms with Crippen LogP contribution >= 0.6 is 0 Å². The number of carbonyl (C=O) groups is 2. The minimum Gasteiger partial charge on any atom is -0.394 e. The average Bonchev–Trinajstić information content (AvgIpc) is 3.85. The molecule has 0 aromatic carbocycles. The van der Waals surface area contributed by atoms with Crippen molar-refractivity contribution in [1.82, 2.24) is 25.3 Å².